The van der Waals surface area contributed by atoms with Crippen LogP contribution in [-0.2, 0) is 19.8 Å². The lowest BCUT2D eigenvalue weighted by Gasteiger charge is -2.10. The van der Waals surface area contributed by atoms with Crippen LogP contribution in [0.4, 0.5) is 13.2 Å². The lowest BCUT2D eigenvalue weighted by Crippen LogP contribution is -2.25. The molecule has 0 bridgehead atoms. The topological polar surface area (TPSA) is 77.1 Å². The predicted molar refractivity (Wildman–Crippen MR) is 92.0 cm³/mol. The van der Waals surface area contributed by atoms with Crippen molar-refractivity contribution in [1.29, 1.82) is 0 Å². The summed E-state index contributed by atoms with van der Waals surface area (Å²) in [6.07, 6.45) is -1.36. The lowest BCUT2D eigenvalue weighted by atomic mass is 10.2. The summed E-state index contributed by atoms with van der Waals surface area (Å²) < 4.78 is 43.2. The van der Waals surface area contributed by atoms with E-state index in [1.807, 2.05) is 0 Å². The van der Waals surface area contributed by atoms with E-state index in [2.05, 4.69) is 36.4 Å². The van der Waals surface area contributed by atoms with E-state index in [0.29, 0.717) is 10.2 Å². The highest BCUT2D eigenvalue weighted by Crippen LogP contribution is 2.41. The molecule has 27 heavy (non-hydrogen) atoms. The number of aryl methyl sites for hydroxylation is 1. The molecule has 0 atom stereocenters. The standard InChI is InChI=1S/C16H14BrF3N6O/c1-25-12(9(17)6-22-25)7-21-15(27)11-5-14-23-10(8-2-3-8)4-13(16(18,19)20)26(14)24-11/h4-6,8H,2-3,7H2,1H3,(H,21,27). The number of hydrogen-bond acceptors (Lipinski definition) is 4. The van der Waals surface area contributed by atoms with E-state index in [9.17, 15) is 18.0 Å². The fraction of sp³-hybridized carbons (Fsp3) is 0.375. The van der Waals surface area contributed by atoms with Crippen LogP contribution in [0.2, 0.25) is 0 Å². The van der Waals surface area contributed by atoms with Crippen molar-refractivity contribution < 1.29 is 18.0 Å². The van der Waals surface area contributed by atoms with Crippen molar-refractivity contribution in [3.05, 3.63) is 45.6 Å². The van der Waals surface area contributed by atoms with Crippen molar-refractivity contribution in [2.24, 2.45) is 7.05 Å². The Kier molecular flexibility index (Phi) is 4.21. The predicted octanol–water partition coefficient (Wildman–Crippen LogP) is 3.05. The van der Waals surface area contributed by atoms with Gasteiger partial charge in [0.25, 0.3) is 5.91 Å². The normalized spacial score (nSPS) is 14.7. The summed E-state index contributed by atoms with van der Waals surface area (Å²) in [4.78, 5) is 16.6. The molecular formula is C16H14BrF3N6O. The third-order valence-electron chi connectivity index (χ3n) is 4.39. The number of fused-ring (bicyclic) bond motifs is 1. The monoisotopic (exact) mass is 442 g/mol. The minimum atomic E-state index is -4.59. The van der Waals surface area contributed by atoms with Gasteiger partial charge in [0, 0.05) is 24.7 Å². The number of aromatic nitrogens is 5. The van der Waals surface area contributed by atoms with Crippen LogP contribution in [0.5, 0.6) is 0 Å². The second kappa shape index (κ2) is 6.32. The minimum Gasteiger partial charge on any atom is -0.345 e. The number of halogens is 4. The Morgan fingerprint density at radius 3 is 2.70 bits per heavy atom. The number of amides is 1. The maximum atomic E-state index is 13.4. The van der Waals surface area contributed by atoms with Crippen LogP contribution < -0.4 is 5.32 Å². The van der Waals surface area contributed by atoms with Gasteiger partial charge in [0.15, 0.2) is 11.3 Å². The van der Waals surface area contributed by atoms with Crippen molar-refractivity contribution in [1.82, 2.24) is 29.7 Å². The summed E-state index contributed by atoms with van der Waals surface area (Å²) in [7, 11) is 1.72. The van der Waals surface area contributed by atoms with E-state index in [0.717, 1.165) is 29.1 Å². The molecule has 1 N–H and O–H groups in total. The second-order valence-corrected chi connectivity index (χ2v) is 7.24. The molecule has 0 aliphatic heterocycles. The van der Waals surface area contributed by atoms with Gasteiger partial charge in [-0.15, -0.1) is 0 Å². The Bertz CT molecular complexity index is 1020. The largest absolute Gasteiger partial charge is 0.433 e. The van der Waals surface area contributed by atoms with E-state index >= 15 is 0 Å². The van der Waals surface area contributed by atoms with Gasteiger partial charge in [-0.2, -0.15) is 23.4 Å². The third kappa shape index (κ3) is 3.43. The SMILES string of the molecule is Cn1ncc(Br)c1CNC(=O)c1cc2nc(C3CC3)cc(C(F)(F)F)n2n1. The number of nitrogens with one attached hydrogen (secondary N) is 1. The van der Waals surface area contributed by atoms with Gasteiger partial charge in [-0.1, -0.05) is 0 Å². The molecule has 1 aliphatic carbocycles. The van der Waals surface area contributed by atoms with Crippen molar-refractivity contribution in [2.75, 3.05) is 0 Å². The quantitative estimate of drug-likeness (QED) is 0.673. The average molecular weight is 443 g/mol. The molecule has 1 fully saturated rings. The number of carbonyl (C=O) groups is 1. The molecule has 3 aromatic heterocycles. The molecule has 142 valence electrons. The summed E-state index contributed by atoms with van der Waals surface area (Å²) in [5.41, 5.74) is 0.0680. The van der Waals surface area contributed by atoms with E-state index in [1.165, 1.54) is 6.07 Å². The zero-order chi connectivity index (χ0) is 19.3. The van der Waals surface area contributed by atoms with Crippen LogP contribution in [-0.4, -0.2) is 30.3 Å². The van der Waals surface area contributed by atoms with Gasteiger partial charge in [0.2, 0.25) is 0 Å². The molecular weight excluding hydrogens is 429 g/mol. The molecule has 1 amide bonds. The highest BCUT2D eigenvalue weighted by Gasteiger charge is 2.37. The molecule has 0 spiro atoms. The number of nitrogens with zero attached hydrogens (tertiary/aromatic N) is 5. The zero-order valence-electron chi connectivity index (χ0n) is 14.1. The maximum Gasteiger partial charge on any atom is 0.433 e. The smallest absolute Gasteiger partial charge is 0.345 e. The Morgan fingerprint density at radius 1 is 1.37 bits per heavy atom. The Balaban J connectivity index is 1.65. The summed E-state index contributed by atoms with van der Waals surface area (Å²) in [5, 5.41) is 10.5. The van der Waals surface area contributed by atoms with Crippen LogP contribution in [0.25, 0.3) is 5.65 Å². The van der Waals surface area contributed by atoms with E-state index in [4.69, 9.17) is 0 Å². The van der Waals surface area contributed by atoms with Gasteiger partial charge in [0.05, 0.1) is 22.9 Å². The third-order valence-corrected chi connectivity index (χ3v) is 5.06. The zero-order valence-corrected chi connectivity index (χ0v) is 15.7. The Hall–Kier alpha value is -2.43. The first-order valence-corrected chi connectivity index (χ1v) is 8.96. The maximum absolute atomic E-state index is 13.4. The van der Waals surface area contributed by atoms with Crippen molar-refractivity contribution >= 4 is 27.5 Å². The first-order valence-electron chi connectivity index (χ1n) is 8.16. The molecule has 3 aromatic rings. The van der Waals surface area contributed by atoms with Crippen LogP contribution >= 0.6 is 15.9 Å². The first-order chi connectivity index (χ1) is 12.7. The van der Waals surface area contributed by atoms with Gasteiger partial charge >= 0.3 is 6.18 Å². The van der Waals surface area contributed by atoms with Gasteiger partial charge in [-0.3, -0.25) is 9.48 Å². The van der Waals surface area contributed by atoms with Crippen LogP contribution in [0.1, 0.15) is 46.3 Å². The average Bonchev–Trinajstić information content (AvgIpc) is 3.28. The van der Waals surface area contributed by atoms with Crippen molar-refractivity contribution in [2.45, 2.75) is 31.5 Å². The fourth-order valence-corrected chi connectivity index (χ4v) is 3.27. The van der Waals surface area contributed by atoms with Crippen LogP contribution in [0.15, 0.2) is 22.8 Å². The summed E-state index contributed by atoms with van der Waals surface area (Å²) >= 11 is 3.32. The molecule has 1 aliphatic rings. The molecule has 0 unspecified atom stereocenters. The molecule has 7 nitrogen and oxygen atoms in total. The molecule has 0 saturated heterocycles. The number of hydrogen-bond donors (Lipinski definition) is 1. The van der Waals surface area contributed by atoms with Crippen LogP contribution in [0.3, 0.4) is 0 Å². The van der Waals surface area contributed by atoms with Gasteiger partial charge in [-0.25, -0.2) is 9.50 Å². The van der Waals surface area contributed by atoms with E-state index < -0.39 is 17.8 Å². The van der Waals surface area contributed by atoms with Crippen LogP contribution in [0, 0.1) is 0 Å². The molecule has 0 radical (unpaired) electrons. The van der Waals surface area contributed by atoms with Gasteiger partial charge in [0.1, 0.15) is 5.69 Å². The van der Waals surface area contributed by atoms with Crippen molar-refractivity contribution in [3.63, 3.8) is 0 Å². The molecule has 0 aromatic carbocycles. The lowest BCUT2D eigenvalue weighted by molar-refractivity contribution is -0.142. The van der Waals surface area contributed by atoms with Crippen molar-refractivity contribution in [3.8, 4) is 0 Å². The molecule has 3 heterocycles. The van der Waals surface area contributed by atoms with E-state index in [1.54, 1.807) is 17.9 Å². The Labute approximate surface area is 159 Å². The molecule has 1 saturated carbocycles. The number of carbonyl (C=O) groups excluding carboxylic acids is 1. The molecule has 4 rings (SSSR count). The second-order valence-electron chi connectivity index (χ2n) is 6.38. The first kappa shape index (κ1) is 18.0. The minimum absolute atomic E-state index is 0.0126. The summed E-state index contributed by atoms with van der Waals surface area (Å²) in [5.74, 6) is -0.542. The summed E-state index contributed by atoms with van der Waals surface area (Å²) in [6.45, 7) is 0.149. The fourth-order valence-electron chi connectivity index (χ4n) is 2.78. The van der Waals surface area contributed by atoms with E-state index in [-0.39, 0.29) is 23.8 Å². The highest BCUT2D eigenvalue weighted by atomic mass is 79.9. The summed E-state index contributed by atoms with van der Waals surface area (Å²) in [6, 6.07) is 2.29. The number of rotatable bonds is 4. The van der Waals surface area contributed by atoms with Gasteiger partial charge < -0.3 is 5.32 Å². The number of alkyl halides is 3. The van der Waals surface area contributed by atoms with Gasteiger partial charge in [-0.05, 0) is 34.8 Å². The Morgan fingerprint density at radius 2 is 2.11 bits per heavy atom. The molecule has 11 heteroatoms. The highest BCUT2D eigenvalue weighted by molar-refractivity contribution is 9.10.